The highest BCUT2D eigenvalue weighted by Crippen LogP contribution is 2.25. The third kappa shape index (κ3) is 1.79. The Kier molecular flexibility index (Phi) is 2.17. The summed E-state index contributed by atoms with van der Waals surface area (Å²) in [4.78, 5) is 0. The summed E-state index contributed by atoms with van der Waals surface area (Å²) >= 11 is 0. The Labute approximate surface area is 75.3 Å². The first-order valence-electron chi connectivity index (χ1n) is 4.29. The van der Waals surface area contributed by atoms with E-state index in [0.29, 0.717) is 5.75 Å². The first-order chi connectivity index (χ1) is 6.25. The van der Waals surface area contributed by atoms with Gasteiger partial charge in [-0.25, -0.2) is 8.78 Å². The molecule has 0 spiro atoms. The third-order valence-corrected chi connectivity index (χ3v) is 2.17. The van der Waals surface area contributed by atoms with E-state index < -0.39 is 11.6 Å². The molecule has 1 saturated carbocycles. The summed E-state index contributed by atoms with van der Waals surface area (Å²) in [6.45, 7) is 0. The molecule has 69 valence electrons. The van der Waals surface area contributed by atoms with Gasteiger partial charge in [-0.15, -0.1) is 0 Å². The minimum atomic E-state index is -0.975. The van der Waals surface area contributed by atoms with Crippen LogP contribution in [0.1, 0.15) is 19.3 Å². The van der Waals surface area contributed by atoms with Crippen LogP contribution in [0.4, 0.5) is 8.78 Å². The predicted octanol–water partition coefficient (Wildman–Crippen LogP) is 2.70. The number of ether oxygens (including phenoxy) is 1. The van der Waals surface area contributed by atoms with Crippen molar-refractivity contribution in [2.45, 2.75) is 25.4 Å². The number of hydrogen-bond donors (Lipinski definition) is 0. The van der Waals surface area contributed by atoms with Crippen LogP contribution in [-0.4, -0.2) is 6.10 Å². The molecular weight excluding hydrogens is 174 g/mol. The number of benzene rings is 1. The van der Waals surface area contributed by atoms with E-state index in [2.05, 4.69) is 6.07 Å². The van der Waals surface area contributed by atoms with Gasteiger partial charge in [0, 0.05) is 0 Å². The molecule has 1 aromatic rings. The molecule has 1 nitrogen and oxygen atoms in total. The molecule has 1 aliphatic rings. The van der Waals surface area contributed by atoms with E-state index in [1.165, 1.54) is 6.07 Å². The van der Waals surface area contributed by atoms with Gasteiger partial charge < -0.3 is 4.74 Å². The summed E-state index contributed by atoms with van der Waals surface area (Å²) in [5, 5.41) is 0. The largest absolute Gasteiger partial charge is 0.490 e. The van der Waals surface area contributed by atoms with E-state index in [4.69, 9.17) is 4.74 Å². The molecular formula is C10H9F2O. The van der Waals surface area contributed by atoms with Crippen LogP contribution >= 0.6 is 0 Å². The summed E-state index contributed by atoms with van der Waals surface area (Å²) in [5.41, 5.74) is 0. The minimum Gasteiger partial charge on any atom is -0.490 e. The van der Waals surface area contributed by atoms with E-state index in [1.54, 1.807) is 0 Å². The Bertz CT molecular complexity index is 308. The molecule has 1 aliphatic carbocycles. The molecule has 1 radical (unpaired) electrons. The molecule has 1 aromatic carbocycles. The third-order valence-electron chi connectivity index (χ3n) is 2.17. The predicted molar refractivity (Wildman–Crippen MR) is 43.5 cm³/mol. The Morgan fingerprint density at radius 1 is 1.31 bits per heavy atom. The highest BCUT2D eigenvalue weighted by atomic mass is 19.2. The molecule has 0 N–H and O–H groups in total. The zero-order valence-electron chi connectivity index (χ0n) is 7.02. The Hall–Kier alpha value is -1.12. The van der Waals surface area contributed by atoms with Crippen LogP contribution in [0.2, 0.25) is 0 Å². The topological polar surface area (TPSA) is 9.23 Å². The summed E-state index contributed by atoms with van der Waals surface area (Å²) < 4.78 is 30.4. The molecule has 0 atom stereocenters. The van der Waals surface area contributed by atoms with Crippen molar-refractivity contribution in [3.05, 3.63) is 29.8 Å². The van der Waals surface area contributed by atoms with Gasteiger partial charge in [0.15, 0.2) is 11.6 Å². The van der Waals surface area contributed by atoms with Gasteiger partial charge in [-0.3, -0.25) is 0 Å². The lowest BCUT2D eigenvalue weighted by Crippen LogP contribution is -2.24. The average molecular weight is 183 g/mol. The molecule has 0 bridgehead atoms. The summed E-state index contributed by atoms with van der Waals surface area (Å²) in [6.07, 6.45) is 3.30. The van der Waals surface area contributed by atoms with Crippen molar-refractivity contribution in [1.29, 1.82) is 0 Å². The van der Waals surface area contributed by atoms with Crippen LogP contribution < -0.4 is 4.74 Å². The molecule has 0 heterocycles. The van der Waals surface area contributed by atoms with Crippen molar-refractivity contribution in [2.75, 3.05) is 0 Å². The zero-order chi connectivity index (χ0) is 9.26. The number of halogens is 2. The molecule has 1 fully saturated rings. The van der Waals surface area contributed by atoms with E-state index in [1.807, 2.05) is 0 Å². The van der Waals surface area contributed by atoms with Gasteiger partial charge in [-0.2, -0.15) is 0 Å². The fraction of sp³-hybridized carbons (Fsp3) is 0.400. The number of hydrogen-bond acceptors (Lipinski definition) is 1. The van der Waals surface area contributed by atoms with Crippen molar-refractivity contribution in [3.8, 4) is 5.75 Å². The second-order valence-electron chi connectivity index (χ2n) is 3.16. The number of rotatable bonds is 2. The average Bonchev–Trinajstić information content (AvgIpc) is 2.04. The highest BCUT2D eigenvalue weighted by molar-refractivity contribution is 5.22. The van der Waals surface area contributed by atoms with Gasteiger partial charge in [-0.1, -0.05) is 0 Å². The second kappa shape index (κ2) is 3.32. The van der Waals surface area contributed by atoms with Crippen LogP contribution in [0, 0.1) is 17.7 Å². The Balaban J connectivity index is 2.07. The first kappa shape index (κ1) is 8.48. The molecule has 3 heteroatoms. The van der Waals surface area contributed by atoms with Crippen LogP contribution in [0.3, 0.4) is 0 Å². The lowest BCUT2D eigenvalue weighted by Gasteiger charge is -2.26. The van der Waals surface area contributed by atoms with E-state index in [0.717, 1.165) is 25.3 Å². The smallest absolute Gasteiger partial charge is 0.170 e. The maximum Gasteiger partial charge on any atom is 0.170 e. The minimum absolute atomic E-state index is 0.168. The lowest BCUT2D eigenvalue weighted by atomic mass is 9.96. The second-order valence-corrected chi connectivity index (χ2v) is 3.16. The van der Waals surface area contributed by atoms with Crippen LogP contribution in [-0.2, 0) is 0 Å². The van der Waals surface area contributed by atoms with Gasteiger partial charge in [0.05, 0.1) is 12.2 Å². The quantitative estimate of drug-likeness (QED) is 0.685. The van der Waals surface area contributed by atoms with Crippen LogP contribution in [0.5, 0.6) is 5.75 Å². The molecule has 0 saturated heterocycles. The molecule has 0 unspecified atom stereocenters. The maximum absolute atomic E-state index is 12.6. The van der Waals surface area contributed by atoms with E-state index >= 15 is 0 Å². The lowest BCUT2D eigenvalue weighted by molar-refractivity contribution is 0.119. The van der Waals surface area contributed by atoms with Gasteiger partial charge in [0.1, 0.15) is 5.75 Å². The monoisotopic (exact) mass is 183 g/mol. The van der Waals surface area contributed by atoms with Crippen LogP contribution in [0.15, 0.2) is 12.1 Å². The zero-order valence-corrected chi connectivity index (χ0v) is 7.02. The fourth-order valence-corrected chi connectivity index (χ4v) is 1.17. The maximum atomic E-state index is 12.6. The van der Waals surface area contributed by atoms with Gasteiger partial charge in [-0.05, 0) is 31.4 Å². The van der Waals surface area contributed by atoms with Crippen molar-refractivity contribution in [2.24, 2.45) is 0 Å². The molecule has 0 aromatic heterocycles. The van der Waals surface area contributed by atoms with E-state index in [9.17, 15) is 8.78 Å². The summed E-state index contributed by atoms with van der Waals surface area (Å²) in [5.74, 6) is -1.57. The first-order valence-corrected chi connectivity index (χ1v) is 4.29. The summed E-state index contributed by atoms with van der Waals surface area (Å²) in [7, 11) is 0. The van der Waals surface area contributed by atoms with Crippen molar-refractivity contribution >= 4 is 0 Å². The highest BCUT2D eigenvalue weighted by Gasteiger charge is 2.19. The Morgan fingerprint density at radius 3 is 2.62 bits per heavy atom. The van der Waals surface area contributed by atoms with Crippen molar-refractivity contribution < 1.29 is 13.5 Å². The standard InChI is InChI=1S/C10H9F2O/c11-9-5-4-8(6-10(9)12)13-7-2-1-3-7/h4-5,7H,1-3H2. The van der Waals surface area contributed by atoms with Gasteiger partial charge in [0.25, 0.3) is 0 Å². The van der Waals surface area contributed by atoms with Crippen LogP contribution in [0.25, 0.3) is 0 Å². The molecule has 2 rings (SSSR count). The van der Waals surface area contributed by atoms with Crippen molar-refractivity contribution in [3.63, 3.8) is 0 Å². The van der Waals surface area contributed by atoms with Crippen molar-refractivity contribution in [1.82, 2.24) is 0 Å². The molecule has 0 amide bonds. The molecule has 0 aliphatic heterocycles. The molecule has 13 heavy (non-hydrogen) atoms. The SMILES string of the molecule is Fc1[c]c(OC2CCC2)ccc1F. The van der Waals surface area contributed by atoms with Gasteiger partial charge >= 0.3 is 0 Å². The Morgan fingerprint density at radius 2 is 2.08 bits per heavy atom. The summed E-state index contributed by atoms with van der Waals surface area (Å²) in [6, 6.07) is 4.67. The van der Waals surface area contributed by atoms with Gasteiger partial charge in [0.2, 0.25) is 0 Å². The normalized spacial score (nSPS) is 16.8. The van der Waals surface area contributed by atoms with E-state index in [-0.39, 0.29) is 6.10 Å². The fourth-order valence-electron chi connectivity index (χ4n) is 1.17.